The molecule has 0 bridgehead atoms. The Hall–Kier alpha value is -2.82. The third-order valence-electron chi connectivity index (χ3n) is 4.00. The number of carbonyl (C=O) groups is 2. The van der Waals surface area contributed by atoms with Gasteiger partial charge >= 0.3 is 0 Å². The van der Waals surface area contributed by atoms with E-state index >= 15 is 0 Å². The molecule has 5 nitrogen and oxygen atoms in total. The molecule has 0 aromatic heterocycles. The highest BCUT2D eigenvalue weighted by Crippen LogP contribution is 2.43. The lowest BCUT2D eigenvalue weighted by molar-refractivity contribution is -0.125. The summed E-state index contributed by atoms with van der Waals surface area (Å²) >= 11 is 0. The minimum absolute atomic E-state index is 0.0600. The van der Waals surface area contributed by atoms with E-state index in [9.17, 15) is 9.59 Å². The zero-order chi connectivity index (χ0) is 14.4. The fraction of sp³-hybridized carbons (Fsp3) is 0.125. The molecule has 2 amide bonds. The Morgan fingerprint density at radius 3 is 2.29 bits per heavy atom. The largest absolute Gasteiger partial charge is 0.365 e. The van der Waals surface area contributed by atoms with Crippen molar-refractivity contribution in [3.05, 3.63) is 54.1 Å². The van der Waals surface area contributed by atoms with Crippen LogP contribution in [-0.2, 0) is 15.1 Å². The van der Waals surface area contributed by atoms with Crippen molar-refractivity contribution in [2.24, 2.45) is 0 Å². The Morgan fingerprint density at radius 1 is 0.810 bits per heavy atom. The minimum atomic E-state index is -1.05. The van der Waals surface area contributed by atoms with Crippen LogP contribution < -0.4 is 16.0 Å². The second-order valence-electron chi connectivity index (χ2n) is 5.30. The molecule has 2 aliphatic rings. The summed E-state index contributed by atoms with van der Waals surface area (Å²) in [5, 5.41) is 8.97. The molecule has 1 atom stereocenters. The molecule has 0 saturated carbocycles. The Morgan fingerprint density at radius 2 is 1.48 bits per heavy atom. The molecule has 0 fully saturated rings. The van der Waals surface area contributed by atoms with Crippen molar-refractivity contribution in [2.45, 2.75) is 12.0 Å². The topological polar surface area (TPSA) is 70.2 Å². The second kappa shape index (κ2) is 4.09. The number of fused-ring (bicyclic) bond motifs is 3. The Bertz CT molecular complexity index is 772. The SMILES string of the molecule is O=C1CC2(Nc3ccccc3N1)C(=O)Nc1ccccc12. The minimum Gasteiger partial charge on any atom is -0.365 e. The first kappa shape index (κ1) is 12.0. The van der Waals surface area contributed by atoms with E-state index in [2.05, 4.69) is 16.0 Å². The monoisotopic (exact) mass is 279 g/mol. The van der Waals surface area contributed by atoms with E-state index in [1.165, 1.54) is 0 Å². The van der Waals surface area contributed by atoms with E-state index in [0.29, 0.717) is 5.69 Å². The van der Waals surface area contributed by atoms with Crippen LogP contribution in [0.25, 0.3) is 0 Å². The summed E-state index contributed by atoms with van der Waals surface area (Å²) in [5.41, 5.74) is 1.95. The predicted molar refractivity (Wildman–Crippen MR) is 80.1 cm³/mol. The van der Waals surface area contributed by atoms with Gasteiger partial charge in [-0.15, -0.1) is 0 Å². The van der Waals surface area contributed by atoms with Crippen molar-refractivity contribution < 1.29 is 9.59 Å². The molecular weight excluding hydrogens is 266 g/mol. The molecule has 0 radical (unpaired) electrons. The van der Waals surface area contributed by atoms with E-state index in [4.69, 9.17) is 0 Å². The Balaban J connectivity index is 1.92. The summed E-state index contributed by atoms with van der Waals surface area (Å²) in [5.74, 6) is -0.380. The molecule has 2 aromatic rings. The van der Waals surface area contributed by atoms with E-state index in [1.807, 2.05) is 48.5 Å². The maximum absolute atomic E-state index is 12.6. The lowest BCUT2D eigenvalue weighted by atomic mass is 9.87. The molecule has 1 spiro atoms. The van der Waals surface area contributed by atoms with E-state index in [-0.39, 0.29) is 18.2 Å². The third kappa shape index (κ3) is 1.64. The number of hydrogen-bond donors (Lipinski definition) is 3. The molecule has 2 heterocycles. The number of carbonyl (C=O) groups excluding carboxylic acids is 2. The van der Waals surface area contributed by atoms with Crippen molar-refractivity contribution >= 4 is 28.9 Å². The molecule has 1 unspecified atom stereocenters. The van der Waals surface area contributed by atoms with Crippen LogP contribution in [0.5, 0.6) is 0 Å². The number of rotatable bonds is 0. The normalized spacial score (nSPS) is 22.7. The summed E-state index contributed by atoms with van der Waals surface area (Å²) < 4.78 is 0. The summed E-state index contributed by atoms with van der Waals surface area (Å²) in [6.45, 7) is 0. The summed E-state index contributed by atoms with van der Waals surface area (Å²) in [7, 11) is 0. The zero-order valence-corrected chi connectivity index (χ0v) is 11.1. The van der Waals surface area contributed by atoms with Crippen LogP contribution in [-0.4, -0.2) is 11.8 Å². The van der Waals surface area contributed by atoms with Gasteiger partial charge in [-0.3, -0.25) is 9.59 Å². The van der Waals surface area contributed by atoms with Crippen LogP contribution in [0.2, 0.25) is 0 Å². The fourth-order valence-corrected chi connectivity index (χ4v) is 3.03. The average molecular weight is 279 g/mol. The van der Waals surface area contributed by atoms with Crippen LogP contribution in [0, 0.1) is 0 Å². The number of para-hydroxylation sites is 3. The number of anilines is 3. The van der Waals surface area contributed by atoms with Gasteiger partial charge in [-0.2, -0.15) is 0 Å². The van der Waals surface area contributed by atoms with Crippen LogP contribution in [0.1, 0.15) is 12.0 Å². The molecule has 0 aliphatic carbocycles. The number of nitrogens with one attached hydrogen (secondary N) is 3. The number of benzene rings is 2. The summed E-state index contributed by atoms with van der Waals surface area (Å²) in [6, 6.07) is 14.9. The number of amides is 2. The average Bonchev–Trinajstić information content (AvgIpc) is 2.65. The molecule has 4 rings (SSSR count). The van der Waals surface area contributed by atoms with Crippen LogP contribution in [0.4, 0.5) is 17.1 Å². The highest BCUT2D eigenvalue weighted by molar-refractivity contribution is 6.12. The molecule has 21 heavy (non-hydrogen) atoms. The summed E-state index contributed by atoms with van der Waals surface area (Å²) in [4.78, 5) is 24.8. The third-order valence-corrected chi connectivity index (χ3v) is 4.00. The summed E-state index contributed by atoms with van der Waals surface area (Å²) in [6.07, 6.45) is 0.0600. The van der Waals surface area contributed by atoms with Gasteiger partial charge in [0.05, 0.1) is 17.8 Å². The lowest BCUT2D eigenvalue weighted by Crippen LogP contribution is -2.43. The van der Waals surface area contributed by atoms with Gasteiger partial charge in [-0.05, 0) is 18.2 Å². The Labute approximate surface area is 121 Å². The fourth-order valence-electron chi connectivity index (χ4n) is 3.03. The maximum atomic E-state index is 12.6. The van der Waals surface area contributed by atoms with Crippen LogP contribution >= 0.6 is 0 Å². The molecule has 0 saturated heterocycles. The number of hydrogen-bond acceptors (Lipinski definition) is 3. The van der Waals surface area contributed by atoms with Crippen LogP contribution in [0.3, 0.4) is 0 Å². The first-order valence-corrected chi connectivity index (χ1v) is 6.77. The predicted octanol–water partition coefficient (Wildman–Crippen LogP) is 2.29. The second-order valence-corrected chi connectivity index (χ2v) is 5.30. The molecular formula is C16H13N3O2. The van der Waals surface area contributed by atoms with Crippen molar-refractivity contribution in [3.8, 4) is 0 Å². The highest BCUT2D eigenvalue weighted by Gasteiger charge is 2.49. The van der Waals surface area contributed by atoms with Gasteiger partial charge in [0, 0.05) is 11.3 Å². The molecule has 3 N–H and O–H groups in total. The van der Waals surface area contributed by atoms with Gasteiger partial charge < -0.3 is 16.0 Å². The maximum Gasteiger partial charge on any atom is 0.255 e. The molecule has 2 aromatic carbocycles. The molecule has 2 aliphatic heterocycles. The van der Waals surface area contributed by atoms with Crippen molar-refractivity contribution in [1.29, 1.82) is 0 Å². The highest BCUT2D eigenvalue weighted by atomic mass is 16.2. The van der Waals surface area contributed by atoms with Crippen molar-refractivity contribution in [1.82, 2.24) is 0 Å². The van der Waals surface area contributed by atoms with Gasteiger partial charge in [-0.25, -0.2) is 0 Å². The van der Waals surface area contributed by atoms with E-state index in [0.717, 1.165) is 16.9 Å². The van der Waals surface area contributed by atoms with Crippen molar-refractivity contribution in [2.75, 3.05) is 16.0 Å². The standard InChI is InChI=1S/C16H13N3O2/c20-14-9-16(19-13-8-4-3-7-12(13)17-14)10-5-1-2-6-11(10)18-15(16)21/h1-8,19H,9H2,(H,17,20)(H,18,21). The zero-order valence-electron chi connectivity index (χ0n) is 11.1. The molecule has 5 heteroatoms. The first-order valence-electron chi connectivity index (χ1n) is 6.77. The molecule has 104 valence electrons. The van der Waals surface area contributed by atoms with Gasteiger partial charge in [0.1, 0.15) is 0 Å². The Kier molecular flexibility index (Phi) is 2.33. The van der Waals surface area contributed by atoms with Gasteiger partial charge in [0.25, 0.3) is 5.91 Å². The van der Waals surface area contributed by atoms with E-state index in [1.54, 1.807) is 0 Å². The lowest BCUT2D eigenvalue weighted by Gasteiger charge is -2.27. The van der Waals surface area contributed by atoms with E-state index < -0.39 is 5.54 Å². The van der Waals surface area contributed by atoms with Gasteiger partial charge in [0.2, 0.25) is 5.91 Å². The van der Waals surface area contributed by atoms with Gasteiger partial charge in [0.15, 0.2) is 5.54 Å². The van der Waals surface area contributed by atoms with Crippen LogP contribution in [0.15, 0.2) is 48.5 Å². The smallest absolute Gasteiger partial charge is 0.255 e. The quantitative estimate of drug-likeness (QED) is 0.693. The van der Waals surface area contributed by atoms with Gasteiger partial charge in [-0.1, -0.05) is 30.3 Å². The van der Waals surface area contributed by atoms with Crippen molar-refractivity contribution in [3.63, 3.8) is 0 Å². The first-order chi connectivity index (χ1) is 10.2.